The predicted octanol–water partition coefficient (Wildman–Crippen LogP) is 5.26. The molecule has 2 aromatic carbocycles. The number of carboxylic acid groups (broad SMARTS) is 1. The van der Waals surface area contributed by atoms with Crippen LogP contribution in [0.4, 0.5) is 4.79 Å². The van der Waals surface area contributed by atoms with Crippen LogP contribution < -0.4 is 9.47 Å². The van der Waals surface area contributed by atoms with Gasteiger partial charge in [0.15, 0.2) is 0 Å². The Labute approximate surface area is 216 Å². The van der Waals surface area contributed by atoms with Gasteiger partial charge >= 0.3 is 12.1 Å². The normalized spacial score (nSPS) is 19.8. The fourth-order valence-electron chi connectivity index (χ4n) is 4.35. The quantitative estimate of drug-likeness (QED) is 0.432. The van der Waals surface area contributed by atoms with Gasteiger partial charge in [-0.25, -0.2) is 14.6 Å². The SMILES string of the molecule is COc1cc2c(cc1Br)c(O[C@H]1CN(C(=O)OC(C)(C)C)[C@](C)(C(=O)O)C1)nc1cc(C#N)ccc12. The van der Waals surface area contributed by atoms with Gasteiger partial charge in [-0.1, -0.05) is 6.07 Å². The molecule has 36 heavy (non-hydrogen) atoms. The number of rotatable bonds is 4. The van der Waals surface area contributed by atoms with Crippen molar-refractivity contribution < 1.29 is 28.9 Å². The molecule has 4 rings (SSSR count). The minimum Gasteiger partial charge on any atom is -0.496 e. The lowest BCUT2D eigenvalue weighted by Crippen LogP contribution is -2.52. The van der Waals surface area contributed by atoms with E-state index in [4.69, 9.17) is 14.2 Å². The molecule has 0 unspecified atom stereocenters. The summed E-state index contributed by atoms with van der Waals surface area (Å²) in [6.07, 6.45) is -1.34. The molecule has 0 spiro atoms. The van der Waals surface area contributed by atoms with Gasteiger partial charge in [-0.05, 0) is 67.9 Å². The molecule has 2 heterocycles. The van der Waals surface area contributed by atoms with E-state index < -0.39 is 29.3 Å². The second-order valence-corrected chi connectivity index (χ2v) is 10.8. The highest BCUT2D eigenvalue weighted by Gasteiger charge is 2.52. The fraction of sp³-hybridized carbons (Fsp3) is 0.385. The Kier molecular flexibility index (Phi) is 6.47. The highest BCUT2D eigenvalue weighted by atomic mass is 79.9. The van der Waals surface area contributed by atoms with E-state index in [1.165, 1.54) is 11.8 Å². The predicted molar refractivity (Wildman–Crippen MR) is 136 cm³/mol. The number of hydrogen-bond acceptors (Lipinski definition) is 7. The summed E-state index contributed by atoms with van der Waals surface area (Å²) in [6, 6.07) is 11.0. The van der Waals surface area contributed by atoms with E-state index in [1.54, 1.807) is 40.0 Å². The van der Waals surface area contributed by atoms with Crippen LogP contribution in [0.5, 0.6) is 11.6 Å². The number of pyridine rings is 1. The molecule has 1 aromatic heterocycles. The summed E-state index contributed by atoms with van der Waals surface area (Å²) in [5.74, 6) is -0.276. The molecule has 1 fully saturated rings. The van der Waals surface area contributed by atoms with Gasteiger partial charge in [-0.2, -0.15) is 5.26 Å². The number of aliphatic carboxylic acids is 1. The number of benzene rings is 2. The minimum atomic E-state index is -1.52. The second-order valence-electron chi connectivity index (χ2n) is 9.91. The van der Waals surface area contributed by atoms with Gasteiger partial charge in [0.25, 0.3) is 0 Å². The Balaban J connectivity index is 1.79. The van der Waals surface area contributed by atoms with Crippen LogP contribution in [0.1, 0.15) is 39.7 Å². The maximum Gasteiger partial charge on any atom is 0.411 e. The van der Waals surface area contributed by atoms with Crippen molar-refractivity contribution in [3.63, 3.8) is 0 Å². The summed E-state index contributed by atoms with van der Waals surface area (Å²) in [7, 11) is 1.57. The molecule has 0 radical (unpaired) electrons. The average molecular weight is 556 g/mol. The molecule has 1 aliphatic heterocycles. The van der Waals surface area contributed by atoms with Gasteiger partial charge in [0.05, 0.1) is 35.3 Å². The van der Waals surface area contributed by atoms with E-state index >= 15 is 0 Å². The first kappa shape index (κ1) is 25.5. The zero-order valence-electron chi connectivity index (χ0n) is 20.6. The van der Waals surface area contributed by atoms with E-state index in [1.807, 2.05) is 18.2 Å². The lowest BCUT2D eigenvalue weighted by molar-refractivity contribution is -0.148. The lowest BCUT2D eigenvalue weighted by atomic mass is 9.98. The molecular formula is C26H26BrN3O6. The van der Waals surface area contributed by atoms with Crippen LogP contribution in [-0.2, 0) is 9.53 Å². The van der Waals surface area contributed by atoms with Crippen molar-refractivity contribution in [3.8, 4) is 17.7 Å². The van der Waals surface area contributed by atoms with E-state index in [0.717, 1.165) is 10.8 Å². The maximum absolute atomic E-state index is 12.9. The summed E-state index contributed by atoms with van der Waals surface area (Å²) in [5.41, 5.74) is -1.31. The Morgan fingerprint density at radius 2 is 1.94 bits per heavy atom. The van der Waals surface area contributed by atoms with Gasteiger partial charge in [0.2, 0.25) is 5.88 Å². The van der Waals surface area contributed by atoms with Crippen molar-refractivity contribution in [1.29, 1.82) is 5.26 Å². The maximum atomic E-state index is 12.9. The van der Waals surface area contributed by atoms with Crippen LogP contribution in [0.2, 0.25) is 0 Å². The fourth-order valence-corrected chi connectivity index (χ4v) is 4.85. The van der Waals surface area contributed by atoms with E-state index in [-0.39, 0.29) is 18.8 Å². The second kappa shape index (κ2) is 9.13. The van der Waals surface area contributed by atoms with Crippen molar-refractivity contribution in [1.82, 2.24) is 9.88 Å². The average Bonchev–Trinajstić information content (AvgIpc) is 3.15. The molecule has 3 aromatic rings. The molecular weight excluding hydrogens is 530 g/mol. The van der Waals surface area contributed by atoms with Gasteiger partial charge in [0.1, 0.15) is 23.0 Å². The first-order valence-electron chi connectivity index (χ1n) is 11.3. The third kappa shape index (κ3) is 4.63. The number of carbonyl (C=O) groups excluding carboxylic acids is 1. The topological polar surface area (TPSA) is 122 Å². The number of nitriles is 1. The number of aromatic nitrogens is 1. The summed E-state index contributed by atoms with van der Waals surface area (Å²) in [6.45, 7) is 6.66. The zero-order chi connectivity index (χ0) is 26.4. The van der Waals surface area contributed by atoms with Crippen molar-refractivity contribution in [2.45, 2.75) is 51.4 Å². The Morgan fingerprint density at radius 3 is 2.56 bits per heavy atom. The van der Waals surface area contributed by atoms with Crippen LogP contribution >= 0.6 is 15.9 Å². The molecule has 188 valence electrons. The van der Waals surface area contributed by atoms with Crippen molar-refractivity contribution in [3.05, 3.63) is 40.4 Å². The number of methoxy groups -OCH3 is 1. The highest BCUT2D eigenvalue weighted by molar-refractivity contribution is 9.10. The van der Waals surface area contributed by atoms with Gasteiger partial charge in [0, 0.05) is 22.6 Å². The third-order valence-corrected chi connectivity index (χ3v) is 6.74. The first-order chi connectivity index (χ1) is 16.9. The van der Waals surface area contributed by atoms with Crippen LogP contribution in [-0.4, -0.2) is 58.0 Å². The molecule has 1 amide bonds. The van der Waals surface area contributed by atoms with E-state index in [0.29, 0.717) is 26.7 Å². The lowest BCUT2D eigenvalue weighted by Gasteiger charge is -2.32. The van der Waals surface area contributed by atoms with Crippen LogP contribution in [0, 0.1) is 11.3 Å². The number of carboxylic acids is 1. The standard InChI is InChI=1S/C26H26BrN3O6/c1-25(2,3)36-24(33)30-13-15(11-26(30,4)23(31)32)35-22-18-9-19(27)21(34-5)10-17(18)16-7-6-14(12-28)8-20(16)29-22/h6-10,15H,11,13H2,1-5H3,(H,31,32)/t15-,26+/m1/s1. The minimum absolute atomic E-state index is 0.00842. The number of hydrogen-bond donors (Lipinski definition) is 1. The molecule has 0 saturated carbocycles. The smallest absolute Gasteiger partial charge is 0.411 e. The van der Waals surface area contributed by atoms with Crippen molar-refractivity contribution >= 4 is 49.7 Å². The molecule has 1 aliphatic rings. The Morgan fingerprint density at radius 1 is 1.22 bits per heavy atom. The molecule has 9 nitrogen and oxygen atoms in total. The molecule has 0 bridgehead atoms. The Hall–Kier alpha value is -3.58. The summed E-state index contributed by atoms with van der Waals surface area (Å²) in [4.78, 5) is 30.9. The summed E-state index contributed by atoms with van der Waals surface area (Å²) >= 11 is 3.51. The van der Waals surface area contributed by atoms with E-state index in [9.17, 15) is 20.0 Å². The first-order valence-corrected chi connectivity index (χ1v) is 12.1. The van der Waals surface area contributed by atoms with Gasteiger partial charge < -0.3 is 19.3 Å². The molecule has 2 atom stereocenters. The van der Waals surface area contributed by atoms with Gasteiger partial charge in [-0.3, -0.25) is 4.90 Å². The number of nitrogens with zero attached hydrogens (tertiary/aromatic N) is 3. The number of amides is 1. The number of fused-ring (bicyclic) bond motifs is 3. The molecule has 0 aliphatic carbocycles. The monoisotopic (exact) mass is 555 g/mol. The number of halogens is 1. The third-order valence-electron chi connectivity index (χ3n) is 6.12. The number of ether oxygens (including phenoxy) is 3. The van der Waals surface area contributed by atoms with E-state index in [2.05, 4.69) is 27.0 Å². The Bertz CT molecular complexity index is 1430. The highest BCUT2D eigenvalue weighted by Crippen LogP contribution is 2.40. The van der Waals surface area contributed by atoms with Crippen LogP contribution in [0.15, 0.2) is 34.8 Å². The largest absolute Gasteiger partial charge is 0.496 e. The summed E-state index contributed by atoms with van der Waals surface area (Å²) < 4.78 is 17.9. The van der Waals surface area contributed by atoms with Gasteiger partial charge in [-0.15, -0.1) is 0 Å². The van der Waals surface area contributed by atoms with Crippen molar-refractivity contribution in [2.75, 3.05) is 13.7 Å². The van der Waals surface area contributed by atoms with Crippen LogP contribution in [0.3, 0.4) is 0 Å². The number of carbonyl (C=O) groups is 2. The number of likely N-dealkylation sites (tertiary alicyclic amines) is 1. The molecule has 1 saturated heterocycles. The zero-order valence-corrected chi connectivity index (χ0v) is 22.2. The van der Waals surface area contributed by atoms with Crippen LogP contribution in [0.25, 0.3) is 21.7 Å². The van der Waals surface area contributed by atoms with Crippen molar-refractivity contribution in [2.24, 2.45) is 0 Å². The molecule has 10 heteroatoms. The molecule has 1 N–H and O–H groups in total. The summed E-state index contributed by atoms with van der Waals surface area (Å²) in [5, 5.41) is 21.6.